The molecule has 0 atom stereocenters. The van der Waals surface area contributed by atoms with Crippen LogP contribution in [0.4, 0.5) is 0 Å². The van der Waals surface area contributed by atoms with E-state index in [-0.39, 0.29) is 0 Å². The first-order chi connectivity index (χ1) is 8.22. The Morgan fingerprint density at radius 2 is 1.65 bits per heavy atom. The number of nitrogens with zero attached hydrogens (tertiary/aromatic N) is 1. The van der Waals surface area contributed by atoms with Gasteiger partial charge in [0.15, 0.2) is 5.58 Å². The number of hydrogen-bond acceptors (Lipinski definition) is 2. The Labute approximate surface area is 101 Å². The Morgan fingerprint density at radius 3 is 2.35 bits per heavy atom. The first-order valence-electron chi connectivity index (χ1n) is 5.24. The zero-order valence-electron chi connectivity index (χ0n) is 9.05. The van der Waals surface area contributed by atoms with Gasteiger partial charge in [-0.2, -0.15) is 0 Å². The highest BCUT2D eigenvalue weighted by Crippen LogP contribution is 2.22. The lowest BCUT2D eigenvalue weighted by Gasteiger charge is -2.00. The largest absolute Gasteiger partial charge is 0.436 e. The van der Waals surface area contributed by atoms with Crippen molar-refractivity contribution >= 4 is 37.7 Å². The molecule has 0 aliphatic heterocycles. The molecule has 3 rings (SSSR count). The van der Waals surface area contributed by atoms with Gasteiger partial charge >= 0.3 is 0 Å². The monoisotopic (exact) mass is 215 g/mol. The molecule has 76 valence electrons. The first kappa shape index (κ1) is 10.2. The molecule has 4 heteroatoms. The van der Waals surface area contributed by atoms with Crippen molar-refractivity contribution in [2.45, 2.75) is 0 Å². The van der Waals surface area contributed by atoms with E-state index in [0.717, 1.165) is 16.7 Å². The van der Waals surface area contributed by atoms with E-state index in [0.29, 0.717) is 16.8 Å². The smallest absolute Gasteiger partial charge is 0.227 e. The maximum absolute atomic E-state index is 5.74. The van der Waals surface area contributed by atoms with Gasteiger partial charge < -0.3 is 4.42 Å². The summed E-state index contributed by atoms with van der Waals surface area (Å²) in [4.78, 5) is 4.39. The number of hydrogen-bond donors (Lipinski definition) is 0. The first-order valence-corrected chi connectivity index (χ1v) is 5.24. The lowest BCUT2D eigenvalue weighted by atomic mass is 9.85. The maximum atomic E-state index is 5.74. The van der Waals surface area contributed by atoms with Crippen LogP contribution in [0.5, 0.6) is 0 Å². The minimum Gasteiger partial charge on any atom is -0.436 e. The predicted molar refractivity (Wildman–Crippen MR) is 70.2 cm³/mol. The molecule has 0 saturated carbocycles. The van der Waals surface area contributed by atoms with E-state index in [1.54, 1.807) is 18.2 Å². The summed E-state index contributed by atoms with van der Waals surface area (Å²) < 4.78 is 5.64. The second-order valence-corrected chi connectivity index (χ2v) is 3.88. The van der Waals surface area contributed by atoms with Crippen molar-refractivity contribution < 1.29 is 4.42 Å². The second-order valence-electron chi connectivity index (χ2n) is 3.88. The molecule has 0 fully saturated rings. The van der Waals surface area contributed by atoms with Gasteiger partial charge in [0.2, 0.25) is 5.89 Å². The lowest BCUT2D eigenvalue weighted by Crippen LogP contribution is -2.13. The van der Waals surface area contributed by atoms with Crippen molar-refractivity contribution in [2.75, 3.05) is 0 Å². The number of rotatable bonds is 1. The van der Waals surface area contributed by atoms with Gasteiger partial charge in [0.1, 0.15) is 21.2 Å². The van der Waals surface area contributed by atoms with Crippen LogP contribution in [-0.4, -0.2) is 20.7 Å². The van der Waals surface area contributed by atoms with Gasteiger partial charge in [0, 0.05) is 5.56 Å². The normalized spacial score (nSPS) is 10.8. The van der Waals surface area contributed by atoms with E-state index in [1.807, 2.05) is 24.3 Å². The Kier molecular flexibility index (Phi) is 2.29. The highest BCUT2D eigenvalue weighted by molar-refractivity contribution is 6.38. The van der Waals surface area contributed by atoms with Crippen molar-refractivity contribution in [3.05, 3.63) is 42.5 Å². The molecule has 0 N–H and O–H groups in total. The van der Waals surface area contributed by atoms with Crippen molar-refractivity contribution in [1.29, 1.82) is 0 Å². The quantitative estimate of drug-likeness (QED) is 0.567. The third kappa shape index (κ3) is 1.86. The molecule has 0 amide bonds. The molecular formula is C13H7B2NO. The van der Waals surface area contributed by atoms with Gasteiger partial charge in [0.05, 0.1) is 0 Å². The lowest BCUT2D eigenvalue weighted by molar-refractivity contribution is 0.620. The molecule has 17 heavy (non-hydrogen) atoms. The Bertz CT molecular complexity index is 637. The Morgan fingerprint density at radius 1 is 0.941 bits per heavy atom. The molecule has 0 unspecified atom stereocenters. The van der Waals surface area contributed by atoms with E-state index in [9.17, 15) is 0 Å². The second kappa shape index (κ2) is 3.81. The van der Waals surface area contributed by atoms with E-state index in [1.165, 1.54) is 0 Å². The predicted octanol–water partition coefficient (Wildman–Crippen LogP) is 1.08. The average molecular weight is 215 g/mol. The van der Waals surface area contributed by atoms with Crippen LogP contribution in [0, 0.1) is 0 Å². The number of benzene rings is 2. The van der Waals surface area contributed by atoms with Gasteiger partial charge in [-0.15, -0.1) is 0 Å². The van der Waals surface area contributed by atoms with E-state index >= 15 is 0 Å². The van der Waals surface area contributed by atoms with Crippen molar-refractivity contribution in [3.8, 4) is 11.5 Å². The molecule has 0 spiro atoms. The van der Waals surface area contributed by atoms with Crippen LogP contribution in [-0.2, 0) is 0 Å². The van der Waals surface area contributed by atoms with Crippen molar-refractivity contribution in [3.63, 3.8) is 0 Å². The maximum Gasteiger partial charge on any atom is 0.227 e. The molecule has 2 aromatic carbocycles. The molecule has 2 nitrogen and oxygen atoms in total. The van der Waals surface area contributed by atoms with E-state index < -0.39 is 0 Å². The summed E-state index contributed by atoms with van der Waals surface area (Å²) in [5.41, 5.74) is 3.57. The van der Waals surface area contributed by atoms with E-state index in [4.69, 9.17) is 20.1 Å². The van der Waals surface area contributed by atoms with Crippen molar-refractivity contribution in [1.82, 2.24) is 4.98 Å². The fraction of sp³-hybridized carbons (Fsp3) is 0. The van der Waals surface area contributed by atoms with Crippen LogP contribution in [0.3, 0.4) is 0 Å². The fourth-order valence-corrected chi connectivity index (χ4v) is 1.80. The molecular weight excluding hydrogens is 208 g/mol. The summed E-state index contributed by atoms with van der Waals surface area (Å²) in [6, 6.07) is 12.9. The molecule has 0 bridgehead atoms. The van der Waals surface area contributed by atoms with Gasteiger partial charge in [-0.3, -0.25) is 0 Å². The molecule has 3 aromatic rings. The number of aromatic nitrogens is 1. The van der Waals surface area contributed by atoms with Crippen LogP contribution in [0.25, 0.3) is 22.6 Å². The third-order valence-electron chi connectivity index (χ3n) is 2.52. The van der Waals surface area contributed by atoms with E-state index in [2.05, 4.69) is 4.98 Å². The molecule has 0 aliphatic rings. The molecule has 0 saturated heterocycles. The fourth-order valence-electron chi connectivity index (χ4n) is 1.80. The van der Waals surface area contributed by atoms with Crippen LogP contribution in [0.15, 0.2) is 46.9 Å². The van der Waals surface area contributed by atoms with Gasteiger partial charge in [-0.1, -0.05) is 41.3 Å². The van der Waals surface area contributed by atoms with Gasteiger partial charge in [0.25, 0.3) is 0 Å². The molecule has 0 aliphatic carbocycles. The third-order valence-corrected chi connectivity index (χ3v) is 2.52. The Hall–Kier alpha value is -1.96. The molecule has 1 heterocycles. The number of oxazole rings is 1. The summed E-state index contributed by atoms with van der Waals surface area (Å²) in [5, 5.41) is 0. The van der Waals surface area contributed by atoms with Crippen LogP contribution in [0.2, 0.25) is 0 Å². The van der Waals surface area contributed by atoms with Gasteiger partial charge in [-0.05, 0) is 12.1 Å². The zero-order valence-corrected chi connectivity index (χ0v) is 9.05. The average Bonchev–Trinajstić information content (AvgIpc) is 2.71. The van der Waals surface area contributed by atoms with Crippen LogP contribution >= 0.6 is 0 Å². The summed E-state index contributed by atoms with van der Waals surface area (Å²) in [6.07, 6.45) is 0. The SMILES string of the molecule is [B]c1cc([B])cc(-c2nc3ccccc3o2)c1. The minimum absolute atomic E-state index is 0.533. The zero-order chi connectivity index (χ0) is 11.8. The summed E-state index contributed by atoms with van der Waals surface area (Å²) in [7, 11) is 11.5. The highest BCUT2D eigenvalue weighted by atomic mass is 16.3. The number of para-hydroxylation sites is 2. The topological polar surface area (TPSA) is 26.0 Å². The molecule has 4 radical (unpaired) electrons. The highest BCUT2D eigenvalue weighted by Gasteiger charge is 2.07. The summed E-state index contributed by atoms with van der Waals surface area (Å²) in [6.45, 7) is 0. The van der Waals surface area contributed by atoms with Crippen LogP contribution in [0.1, 0.15) is 0 Å². The van der Waals surface area contributed by atoms with Crippen LogP contribution < -0.4 is 10.9 Å². The van der Waals surface area contributed by atoms with Gasteiger partial charge in [-0.25, -0.2) is 4.98 Å². The number of fused-ring (bicyclic) bond motifs is 1. The summed E-state index contributed by atoms with van der Waals surface area (Å²) >= 11 is 0. The minimum atomic E-state index is 0.533. The molecule has 1 aromatic heterocycles. The van der Waals surface area contributed by atoms with Crippen molar-refractivity contribution in [2.24, 2.45) is 0 Å². The standard InChI is InChI=1S/C13H7B2NO/c14-9-5-8(6-10(15)7-9)13-16-11-3-1-2-4-12(11)17-13/h1-7H. The summed E-state index contributed by atoms with van der Waals surface area (Å²) in [5.74, 6) is 0.533. The Balaban J connectivity index is 2.20.